The van der Waals surface area contributed by atoms with Crippen molar-refractivity contribution in [2.45, 2.75) is 75.6 Å². The maximum Gasteiger partial charge on any atom is 0.262 e. The monoisotopic (exact) mass is 804 g/mol. The first kappa shape index (κ1) is 38.0. The zero-order chi connectivity index (χ0) is 40.1. The second-order valence-electron chi connectivity index (χ2n) is 16.4. The largest absolute Gasteiger partial charge is 0.490 e. The van der Waals surface area contributed by atoms with Crippen LogP contribution in [0.3, 0.4) is 0 Å². The van der Waals surface area contributed by atoms with E-state index in [1.54, 1.807) is 36.5 Å². The van der Waals surface area contributed by atoms with Crippen molar-refractivity contribution in [1.82, 2.24) is 25.0 Å². The van der Waals surface area contributed by atoms with Gasteiger partial charge in [0.2, 0.25) is 11.8 Å². The molecule has 0 saturated carbocycles. The standard InChI is InChI=1S/C43H45ClN8O6/c44-36-22-32(6-1-27(36)23-45)58-33-19-30-3-4-31(20-33)51(30)41(55)28-2-9-38(46-24-28)50-17-15-48(16-18-50)25-26-11-13-49(14-12-26)29-5-7-34-35(21-29)43(57)52(42(34)56)37-8-10-39(53)47-40(37)54/h1-2,5-7,9,21-22,24,26,30-31,33,37H,3-4,8,10-20,25H2,(H,47,53,54)/t30-,31+,33?,37?. The smallest absolute Gasteiger partial charge is 0.262 e. The van der Waals surface area contributed by atoms with E-state index in [2.05, 4.69) is 26.1 Å². The van der Waals surface area contributed by atoms with E-state index in [0.29, 0.717) is 38.9 Å². The molecule has 300 valence electrons. The number of carbonyl (C=O) groups excluding carboxylic acids is 5. The molecular weight excluding hydrogens is 760 g/mol. The molecule has 14 nitrogen and oxygen atoms in total. The van der Waals surface area contributed by atoms with Crippen molar-refractivity contribution in [3.05, 3.63) is 82.0 Å². The number of hydrogen-bond donors (Lipinski definition) is 1. The van der Waals surface area contributed by atoms with Gasteiger partial charge >= 0.3 is 0 Å². The molecule has 5 fully saturated rings. The molecular formula is C43H45ClN8O6. The Balaban J connectivity index is 0.730. The molecule has 0 spiro atoms. The third-order valence-corrected chi connectivity index (χ3v) is 13.2. The Bertz CT molecular complexity index is 2180. The molecule has 4 atom stereocenters. The van der Waals surface area contributed by atoms with Crippen LogP contribution in [0, 0.1) is 17.2 Å². The number of halogens is 1. The highest BCUT2D eigenvalue weighted by atomic mass is 35.5. The Morgan fingerprint density at radius 3 is 2.26 bits per heavy atom. The van der Waals surface area contributed by atoms with Gasteiger partial charge < -0.3 is 19.4 Å². The van der Waals surface area contributed by atoms with Gasteiger partial charge in [0.25, 0.3) is 17.7 Å². The van der Waals surface area contributed by atoms with Gasteiger partial charge in [-0.15, -0.1) is 0 Å². The molecule has 0 aliphatic carbocycles. The molecule has 6 aliphatic heterocycles. The maximum absolute atomic E-state index is 13.7. The first-order valence-corrected chi connectivity index (χ1v) is 20.7. The Morgan fingerprint density at radius 1 is 0.845 bits per heavy atom. The molecule has 2 unspecified atom stereocenters. The van der Waals surface area contributed by atoms with Crippen molar-refractivity contribution in [1.29, 1.82) is 5.26 Å². The summed E-state index contributed by atoms with van der Waals surface area (Å²) in [6.45, 7) is 6.30. The number of rotatable bonds is 8. The van der Waals surface area contributed by atoms with Crippen LogP contribution >= 0.6 is 11.6 Å². The van der Waals surface area contributed by atoms with Crippen molar-refractivity contribution < 1.29 is 28.7 Å². The zero-order valence-electron chi connectivity index (χ0n) is 32.1. The highest BCUT2D eigenvalue weighted by Gasteiger charge is 2.46. The lowest BCUT2D eigenvalue weighted by atomic mass is 9.95. The van der Waals surface area contributed by atoms with E-state index >= 15 is 0 Å². The number of hydrogen-bond acceptors (Lipinski definition) is 11. The molecule has 5 amide bonds. The van der Waals surface area contributed by atoms with Gasteiger partial charge in [-0.3, -0.25) is 39.1 Å². The van der Waals surface area contributed by atoms with Crippen LogP contribution in [0.2, 0.25) is 5.02 Å². The quantitative estimate of drug-likeness (QED) is 0.325. The van der Waals surface area contributed by atoms with E-state index < -0.39 is 29.7 Å². The summed E-state index contributed by atoms with van der Waals surface area (Å²) in [5.74, 6) is 0.137. The van der Waals surface area contributed by atoms with E-state index in [9.17, 15) is 29.2 Å². The SMILES string of the molecule is N#Cc1ccc(OC2C[C@H]3CC[C@@H](C2)N3C(=O)c2ccc(N3CCN(CC4CCN(c5ccc6c(c5)C(=O)N(C5CCC(=O)NC5=O)C6=O)CC4)CC3)nc2)cc1Cl. The van der Waals surface area contributed by atoms with Gasteiger partial charge in [-0.25, -0.2) is 4.98 Å². The molecule has 1 N–H and O–H groups in total. The average Bonchev–Trinajstić information content (AvgIpc) is 3.65. The number of nitrogens with zero attached hydrogens (tertiary/aromatic N) is 7. The minimum atomic E-state index is -0.972. The predicted molar refractivity (Wildman–Crippen MR) is 214 cm³/mol. The van der Waals surface area contributed by atoms with Crippen LogP contribution in [0.25, 0.3) is 0 Å². The minimum Gasteiger partial charge on any atom is -0.490 e. The van der Waals surface area contributed by atoms with Crippen molar-refractivity contribution >= 4 is 52.6 Å². The molecule has 58 heavy (non-hydrogen) atoms. The molecule has 15 heteroatoms. The molecule has 0 radical (unpaired) electrons. The summed E-state index contributed by atoms with van der Waals surface area (Å²) in [5, 5.41) is 11.8. The number of carbonyl (C=O) groups is 5. The number of ether oxygens (including phenoxy) is 1. The van der Waals surface area contributed by atoms with Gasteiger partial charge in [0, 0.05) is 95.1 Å². The Hall–Kier alpha value is -5.52. The Morgan fingerprint density at radius 2 is 1.59 bits per heavy atom. The topological polar surface area (TPSA) is 159 Å². The number of imide groups is 2. The fraction of sp³-hybridized carbons (Fsp3) is 0.465. The molecule has 3 aromatic rings. The fourth-order valence-electron chi connectivity index (χ4n) is 9.81. The van der Waals surface area contributed by atoms with Crippen molar-refractivity contribution in [2.75, 3.05) is 55.6 Å². The summed E-state index contributed by atoms with van der Waals surface area (Å²) in [5.41, 5.74) is 2.53. The van der Waals surface area contributed by atoms with Crippen LogP contribution in [0.5, 0.6) is 5.75 Å². The lowest BCUT2D eigenvalue weighted by molar-refractivity contribution is -0.136. The zero-order valence-corrected chi connectivity index (χ0v) is 32.9. The summed E-state index contributed by atoms with van der Waals surface area (Å²) in [4.78, 5) is 79.1. The Kier molecular flexibility index (Phi) is 10.3. The van der Waals surface area contributed by atoms with E-state index in [1.165, 1.54) is 0 Å². The van der Waals surface area contributed by atoms with E-state index in [4.69, 9.17) is 21.3 Å². The van der Waals surface area contributed by atoms with Gasteiger partial charge in [-0.1, -0.05) is 11.6 Å². The fourth-order valence-corrected chi connectivity index (χ4v) is 10.0. The summed E-state index contributed by atoms with van der Waals surface area (Å²) in [7, 11) is 0. The molecule has 2 bridgehead atoms. The molecule has 9 rings (SSSR count). The van der Waals surface area contributed by atoms with Crippen molar-refractivity contribution in [2.24, 2.45) is 5.92 Å². The van der Waals surface area contributed by atoms with Crippen LogP contribution in [-0.4, -0.2) is 119 Å². The van der Waals surface area contributed by atoms with Crippen LogP contribution in [-0.2, 0) is 9.59 Å². The number of pyridine rings is 1. The second-order valence-corrected chi connectivity index (χ2v) is 16.8. The number of benzene rings is 2. The highest BCUT2D eigenvalue weighted by Crippen LogP contribution is 2.39. The van der Waals surface area contributed by atoms with Crippen LogP contribution in [0.15, 0.2) is 54.7 Å². The third kappa shape index (κ3) is 7.26. The second kappa shape index (κ2) is 15.7. The van der Waals surface area contributed by atoms with Gasteiger partial charge in [-0.05, 0) is 80.5 Å². The summed E-state index contributed by atoms with van der Waals surface area (Å²) < 4.78 is 6.25. The van der Waals surface area contributed by atoms with E-state index in [0.717, 1.165) is 101 Å². The number of nitriles is 1. The first-order chi connectivity index (χ1) is 28.1. The Labute approximate surface area is 341 Å². The summed E-state index contributed by atoms with van der Waals surface area (Å²) in [6.07, 6.45) is 7.38. The molecule has 1 aromatic heterocycles. The number of piperidine rings is 3. The normalized spacial score (nSPS) is 25.2. The summed E-state index contributed by atoms with van der Waals surface area (Å²) >= 11 is 6.22. The van der Waals surface area contributed by atoms with Gasteiger partial charge in [0.1, 0.15) is 29.8 Å². The molecule has 5 saturated heterocycles. The molecule has 7 heterocycles. The van der Waals surface area contributed by atoms with E-state index in [-0.39, 0.29) is 36.9 Å². The van der Waals surface area contributed by atoms with Gasteiger partial charge in [0.15, 0.2) is 0 Å². The number of nitrogens with one attached hydrogen (secondary N) is 1. The minimum absolute atomic E-state index is 0.0157. The molecule has 6 aliphatic rings. The molecule has 2 aromatic carbocycles. The lowest BCUT2D eigenvalue weighted by Crippen LogP contribution is -2.54. The van der Waals surface area contributed by atoms with Crippen molar-refractivity contribution in [3.8, 4) is 11.8 Å². The first-order valence-electron chi connectivity index (χ1n) is 20.4. The maximum atomic E-state index is 13.7. The van der Waals surface area contributed by atoms with Gasteiger partial charge in [0.05, 0.1) is 27.3 Å². The van der Waals surface area contributed by atoms with Gasteiger partial charge in [-0.2, -0.15) is 5.26 Å². The third-order valence-electron chi connectivity index (χ3n) is 12.9. The number of piperazine rings is 1. The predicted octanol–water partition coefficient (Wildman–Crippen LogP) is 4.26. The number of fused-ring (bicyclic) bond motifs is 3. The number of anilines is 2. The number of aromatic nitrogens is 1. The average molecular weight is 805 g/mol. The number of amides is 5. The van der Waals surface area contributed by atoms with Crippen LogP contribution in [0.1, 0.15) is 88.0 Å². The van der Waals surface area contributed by atoms with E-state index in [1.807, 2.05) is 23.1 Å². The van der Waals surface area contributed by atoms with Crippen LogP contribution < -0.4 is 19.9 Å². The van der Waals surface area contributed by atoms with Crippen molar-refractivity contribution in [3.63, 3.8) is 0 Å². The highest BCUT2D eigenvalue weighted by molar-refractivity contribution is 6.31. The van der Waals surface area contributed by atoms with Crippen LogP contribution in [0.4, 0.5) is 11.5 Å². The lowest BCUT2D eigenvalue weighted by Gasteiger charge is -2.40. The summed E-state index contributed by atoms with van der Waals surface area (Å²) in [6, 6.07) is 15.7.